The molecule has 0 aromatic carbocycles. The van der Waals surface area contributed by atoms with Crippen molar-refractivity contribution in [2.45, 2.75) is 25.3 Å². The van der Waals surface area contributed by atoms with E-state index in [1.165, 1.54) is 0 Å². The van der Waals surface area contributed by atoms with Crippen molar-refractivity contribution in [3.63, 3.8) is 0 Å². The van der Waals surface area contributed by atoms with Crippen LogP contribution in [0.4, 0.5) is 0 Å². The molecule has 0 spiro atoms. The van der Waals surface area contributed by atoms with E-state index in [9.17, 15) is 4.79 Å². The van der Waals surface area contributed by atoms with Crippen LogP contribution in [0.15, 0.2) is 0 Å². The van der Waals surface area contributed by atoms with E-state index in [4.69, 9.17) is 10.8 Å². The molecule has 3 atom stereocenters. The summed E-state index contributed by atoms with van der Waals surface area (Å²) in [6, 6.07) is 0. The zero-order valence-corrected chi connectivity index (χ0v) is 8.57. The van der Waals surface area contributed by atoms with Crippen LogP contribution in [-0.4, -0.2) is 41.1 Å². The maximum Gasteiger partial charge on any atom is 0.324 e. The summed E-state index contributed by atoms with van der Waals surface area (Å²) in [6.45, 7) is 5.00. The molecule has 1 aliphatic heterocycles. The summed E-state index contributed by atoms with van der Waals surface area (Å²) in [5, 5.41) is 9.14. The number of nitrogens with zero attached hydrogens (tertiary/aromatic N) is 1. The van der Waals surface area contributed by atoms with Crippen molar-refractivity contribution in [3.8, 4) is 0 Å². The first-order chi connectivity index (χ1) is 6.56. The van der Waals surface area contributed by atoms with Gasteiger partial charge in [-0.05, 0) is 25.3 Å². The van der Waals surface area contributed by atoms with Crippen molar-refractivity contribution >= 4 is 5.97 Å². The molecule has 2 aliphatic rings. The van der Waals surface area contributed by atoms with Gasteiger partial charge in [0.15, 0.2) is 0 Å². The highest BCUT2D eigenvalue weighted by atomic mass is 16.4. The molecule has 0 aromatic heterocycles. The predicted octanol–water partition coefficient (Wildman–Crippen LogP) is 0.130. The molecule has 4 nitrogen and oxygen atoms in total. The molecule has 2 bridgehead atoms. The Morgan fingerprint density at radius 1 is 1.64 bits per heavy atom. The third-order valence-electron chi connectivity index (χ3n) is 3.81. The number of rotatable bonds is 2. The summed E-state index contributed by atoms with van der Waals surface area (Å²) in [4.78, 5) is 13.4. The molecule has 1 saturated heterocycles. The molecule has 1 aliphatic carbocycles. The van der Waals surface area contributed by atoms with Crippen molar-refractivity contribution in [1.29, 1.82) is 0 Å². The van der Waals surface area contributed by atoms with Crippen LogP contribution in [0.1, 0.15) is 19.8 Å². The number of hydrogen-bond acceptors (Lipinski definition) is 3. The second-order valence-electron chi connectivity index (χ2n) is 4.70. The summed E-state index contributed by atoms with van der Waals surface area (Å²) in [7, 11) is 0. The molecule has 0 aromatic rings. The second-order valence-corrected chi connectivity index (χ2v) is 4.70. The van der Waals surface area contributed by atoms with Crippen molar-refractivity contribution in [1.82, 2.24) is 4.90 Å². The lowest BCUT2D eigenvalue weighted by atomic mass is 9.88. The van der Waals surface area contributed by atoms with Crippen LogP contribution in [-0.2, 0) is 4.79 Å². The van der Waals surface area contributed by atoms with Gasteiger partial charge in [0, 0.05) is 19.0 Å². The van der Waals surface area contributed by atoms with Crippen LogP contribution in [0.5, 0.6) is 0 Å². The topological polar surface area (TPSA) is 66.6 Å². The number of hydrogen-bond donors (Lipinski definition) is 2. The van der Waals surface area contributed by atoms with Crippen LogP contribution in [0.2, 0.25) is 0 Å². The maximum atomic E-state index is 11.1. The molecule has 3 N–H and O–H groups in total. The Hall–Kier alpha value is -0.610. The van der Waals surface area contributed by atoms with Crippen molar-refractivity contribution < 1.29 is 9.90 Å². The number of aliphatic carboxylic acids is 1. The van der Waals surface area contributed by atoms with Gasteiger partial charge in [-0.2, -0.15) is 0 Å². The largest absolute Gasteiger partial charge is 0.480 e. The first-order valence-corrected chi connectivity index (χ1v) is 5.31. The summed E-state index contributed by atoms with van der Waals surface area (Å²) < 4.78 is 0. The first-order valence-electron chi connectivity index (χ1n) is 5.31. The lowest BCUT2D eigenvalue weighted by Crippen LogP contribution is -2.53. The lowest BCUT2D eigenvalue weighted by molar-refractivity contribution is -0.144. The highest BCUT2D eigenvalue weighted by Crippen LogP contribution is 2.42. The van der Waals surface area contributed by atoms with Gasteiger partial charge in [0.05, 0.1) is 0 Å². The quantitative estimate of drug-likeness (QED) is 0.662. The normalized spacial score (nSPS) is 42.7. The summed E-state index contributed by atoms with van der Waals surface area (Å²) in [5.74, 6) is -0.170. The first kappa shape index (κ1) is 9.93. The molecule has 80 valence electrons. The number of carbonyl (C=O) groups is 1. The van der Waals surface area contributed by atoms with Gasteiger partial charge in [-0.15, -0.1) is 0 Å². The van der Waals surface area contributed by atoms with Gasteiger partial charge in [-0.25, -0.2) is 0 Å². The lowest BCUT2D eigenvalue weighted by Gasteiger charge is -2.33. The number of likely N-dealkylation sites (tertiary alicyclic amines) is 1. The van der Waals surface area contributed by atoms with Crippen LogP contribution < -0.4 is 5.73 Å². The van der Waals surface area contributed by atoms with E-state index in [0.717, 1.165) is 26.1 Å². The number of piperidine rings is 1. The molecule has 2 fully saturated rings. The van der Waals surface area contributed by atoms with Crippen LogP contribution >= 0.6 is 0 Å². The van der Waals surface area contributed by atoms with Crippen molar-refractivity contribution in [2.24, 2.45) is 17.6 Å². The smallest absolute Gasteiger partial charge is 0.324 e. The molecule has 2 rings (SSSR count). The molecule has 0 radical (unpaired) electrons. The zero-order valence-electron chi connectivity index (χ0n) is 8.57. The van der Waals surface area contributed by atoms with E-state index in [1.807, 2.05) is 0 Å². The summed E-state index contributed by atoms with van der Waals surface area (Å²) in [6.07, 6.45) is 1.66. The van der Waals surface area contributed by atoms with Gasteiger partial charge < -0.3 is 15.7 Å². The fraction of sp³-hybridized carbons (Fsp3) is 0.900. The molecule has 1 saturated carbocycles. The average molecular weight is 198 g/mol. The fourth-order valence-corrected chi connectivity index (χ4v) is 2.99. The minimum atomic E-state index is -0.950. The fourth-order valence-electron chi connectivity index (χ4n) is 2.99. The standard InChI is InChI=1S/C10H18N2O2/c1-2-12-5-7-3-8(6-12)10(11,4-7)9(13)14/h7-8H,2-6,11H2,1H3,(H,13,14)/t7-,8-,10-/m0/s1. The molecule has 1 heterocycles. The summed E-state index contributed by atoms with van der Waals surface area (Å²) >= 11 is 0. The van der Waals surface area contributed by atoms with Gasteiger partial charge in [0.2, 0.25) is 0 Å². The number of carboxylic acids is 1. The Labute approximate surface area is 84.1 Å². The Kier molecular flexibility index (Phi) is 2.27. The van der Waals surface area contributed by atoms with Crippen LogP contribution in [0.3, 0.4) is 0 Å². The van der Waals surface area contributed by atoms with Gasteiger partial charge >= 0.3 is 5.97 Å². The number of nitrogens with two attached hydrogens (primary N) is 1. The van der Waals surface area contributed by atoms with Gasteiger partial charge in [0.25, 0.3) is 0 Å². The third kappa shape index (κ3) is 1.33. The minimum Gasteiger partial charge on any atom is -0.480 e. The van der Waals surface area contributed by atoms with Crippen LogP contribution in [0.25, 0.3) is 0 Å². The van der Waals surface area contributed by atoms with Gasteiger partial charge in [-0.1, -0.05) is 6.92 Å². The Morgan fingerprint density at radius 3 is 2.93 bits per heavy atom. The zero-order chi connectivity index (χ0) is 10.3. The Balaban J connectivity index is 2.16. The van der Waals surface area contributed by atoms with Gasteiger partial charge in [-0.3, -0.25) is 4.79 Å². The van der Waals surface area contributed by atoms with E-state index in [2.05, 4.69) is 11.8 Å². The van der Waals surface area contributed by atoms with E-state index < -0.39 is 11.5 Å². The SMILES string of the molecule is CCN1C[C@H]2C[C@@H](C1)[C@](N)(C(=O)O)C2. The second kappa shape index (κ2) is 3.21. The minimum absolute atomic E-state index is 0.152. The summed E-state index contributed by atoms with van der Waals surface area (Å²) in [5.41, 5.74) is 5.03. The van der Waals surface area contributed by atoms with Crippen molar-refractivity contribution in [2.75, 3.05) is 19.6 Å². The van der Waals surface area contributed by atoms with E-state index in [1.54, 1.807) is 0 Å². The molecule has 0 unspecified atom stereocenters. The highest BCUT2D eigenvalue weighted by Gasteiger charge is 2.52. The van der Waals surface area contributed by atoms with Crippen LogP contribution in [0, 0.1) is 11.8 Å². The molecular weight excluding hydrogens is 180 g/mol. The highest BCUT2D eigenvalue weighted by molar-refractivity contribution is 5.79. The molecular formula is C10H18N2O2. The maximum absolute atomic E-state index is 11.1. The number of carboxylic acid groups (broad SMARTS) is 1. The molecule has 0 amide bonds. The van der Waals surface area contributed by atoms with E-state index in [0.29, 0.717) is 12.3 Å². The Morgan fingerprint density at radius 2 is 2.36 bits per heavy atom. The molecule has 14 heavy (non-hydrogen) atoms. The molecule has 4 heteroatoms. The predicted molar refractivity (Wildman–Crippen MR) is 52.9 cm³/mol. The van der Waals surface area contributed by atoms with Gasteiger partial charge in [0.1, 0.15) is 5.54 Å². The van der Waals surface area contributed by atoms with Crippen molar-refractivity contribution in [3.05, 3.63) is 0 Å². The Bertz CT molecular complexity index is 257. The monoisotopic (exact) mass is 198 g/mol. The average Bonchev–Trinajstić information content (AvgIpc) is 2.38. The third-order valence-corrected chi connectivity index (χ3v) is 3.81. The van der Waals surface area contributed by atoms with E-state index in [-0.39, 0.29) is 5.92 Å². The number of fused-ring (bicyclic) bond motifs is 2. The van der Waals surface area contributed by atoms with E-state index >= 15 is 0 Å².